The molecule has 156 valence electrons. The van der Waals surface area contributed by atoms with Gasteiger partial charge in [0.1, 0.15) is 5.92 Å². The van der Waals surface area contributed by atoms with Crippen molar-refractivity contribution in [1.82, 2.24) is 0 Å². The molecule has 0 saturated carbocycles. The number of hydrogen-bond acceptors (Lipinski definition) is 4. The zero-order valence-electron chi connectivity index (χ0n) is 16.5. The van der Waals surface area contributed by atoms with Crippen LogP contribution in [0.5, 0.6) is 0 Å². The molecule has 0 aromatic heterocycles. The lowest BCUT2D eigenvalue weighted by Crippen LogP contribution is -2.37. The van der Waals surface area contributed by atoms with Gasteiger partial charge in [0.05, 0.1) is 27.5 Å². The van der Waals surface area contributed by atoms with Crippen molar-refractivity contribution in [3.63, 3.8) is 0 Å². The van der Waals surface area contributed by atoms with E-state index in [1.54, 1.807) is 23.3 Å². The summed E-state index contributed by atoms with van der Waals surface area (Å²) < 4.78 is 0. The molecular formula is C24H18Cl2N2O3. The number of hydrogen-bond donors (Lipinski definition) is 0. The van der Waals surface area contributed by atoms with Crippen molar-refractivity contribution in [2.24, 2.45) is 5.92 Å². The summed E-state index contributed by atoms with van der Waals surface area (Å²) in [6.07, 6.45) is -0.966. The maximum atomic E-state index is 13.6. The highest BCUT2D eigenvalue weighted by atomic mass is 35.5. The molecule has 3 aromatic carbocycles. The average Bonchev–Trinajstić information content (AvgIpc) is 3.27. The highest BCUT2D eigenvalue weighted by molar-refractivity contribution is 6.42. The fraction of sp³-hybridized carbons (Fsp3) is 0.167. The zero-order valence-corrected chi connectivity index (χ0v) is 18.0. The Hall–Kier alpha value is -2.86. The number of aryl methyl sites for hydroxylation is 1. The first-order chi connectivity index (χ1) is 15.0. The predicted octanol–water partition coefficient (Wildman–Crippen LogP) is 5.35. The van der Waals surface area contributed by atoms with E-state index in [-0.39, 0.29) is 21.6 Å². The third-order valence-electron chi connectivity index (χ3n) is 5.71. The highest BCUT2D eigenvalue weighted by Gasteiger charge is 2.60. The minimum absolute atomic E-state index is 0.202. The molecule has 3 aromatic rings. The molecule has 2 amide bonds. The Bertz CT molecular complexity index is 1150. The van der Waals surface area contributed by atoms with E-state index in [9.17, 15) is 9.59 Å². The summed E-state index contributed by atoms with van der Waals surface area (Å²) in [5.74, 6) is -1.59. The summed E-state index contributed by atoms with van der Waals surface area (Å²) in [5.41, 5.74) is 2.96. The standard InChI is InChI=1S/C24H18Cl2N2O3/c1-14-10-12-15(13-11-14)20-19-22(31-28(20)16-6-3-2-4-7-16)24(30)27(23(19)29)21-17(25)8-5-9-18(21)26/h2-13,19-20,22H,1H3/t19-,20+,22+/m1/s1. The number of anilines is 2. The van der Waals surface area contributed by atoms with E-state index in [1.165, 1.54) is 0 Å². The molecule has 2 aliphatic heterocycles. The second-order valence-electron chi connectivity index (χ2n) is 7.65. The first-order valence-corrected chi connectivity index (χ1v) is 10.6. The number of halogens is 2. The lowest BCUT2D eigenvalue weighted by molar-refractivity contribution is -0.126. The number of imide groups is 1. The number of nitrogens with zero attached hydrogens (tertiary/aromatic N) is 2. The number of fused-ring (bicyclic) bond motifs is 1. The lowest BCUT2D eigenvalue weighted by Gasteiger charge is -2.29. The number of hydroxylamine groups is 1. The molecule has 0 spiro atoms. The molecule has 0 aliphatic carbocycles. The van der Waals surface area contributed by atoms with E-state index in [4.69, 9.17) is 28.0 Å². The van der Waals surface area contributed by atoms with Crippen LogP contribution in [0.2, 0.25) is 10.0 Å². The van der Waals surface area contributed by atoms with Gasteiger partial charge in [-0.05, 0) is 36.8 Å². The number of benzene rings is 3. The van der Waals surface area contributed by atoms with E-state index in [1.807, 2.05) is 61.5 Å². The van der Waals surface area contributed by atoms with E-state index in [2.05, 4.69) is 0 Å². The predicted molar refractivity (Wildman–Crippen MR) is 120 cm³/mol. The SMILES string of the molecule is Cc1ccc([C@H]2[C@H]3C(=O)N(c4c(Cl)cccc4Cl)C(=O)[C@H]3ON2c2ccccc2)cc1. The van der Waals surface area contributed by atoms with Crippen LogP contribution >= 0.6 is 23.2 Å². The molecule has 7 heteroatoms. The Morgan fingerprint density at radius 3 is 2.10 bits per heavy atom. The fourth-order valence-electron chi connectivity index (χ4n) is 4.24. The molecule has 2 heterocycles. The molecular weight excluding hydrogens is 435 g/mol. The Morgan fingerprint density at radius 1 is 0.806 bits per heavy atom. The van der Waals surface area contributed by atoms with Gasteiger partial charge in [-0.25, -0.2) is 9.96 Å². The summed E-state index contributed by atoms with van der Waals surface area (Å²) in [5, 5.41) is 2.14. The van der Waals surface area contributed by atoms with Gasteiger partial charge in [-0.3, -0.25) is 14.4 Å². The van der Waals surface area contributed by atoms with Crippen LogP contribution in [-0.4, -0.2) is 17.9 Å². The van der Waals surface area contributed by atoms with Gasteiger partial charge < -0.3 is 0 Å². The van der Waals surface area contributed by atoms with Crippen molar-refractivity contribution in [3.8, 4) is 0 Å². The van der Waals surface area contributed by atoms with Gasteiger partial charge in [0.15, 0.2) is 6.10 Å². The molecule has 0 radical (unpaired) electrons. The van der Waals surface area contributed by atoms with Gasteiger partial charge in [0, 0.05) is 0 Å². The summed E-state index contributed by atoms with van der Waals surface area (Å²) in [7, 11) is 0. The van der Waals surface area contributed by atoms with Crippen molar-refractivity contribution in [2.75, 3.05) is 9.96 Å². The molecule has 5 rings (SSSR count). The Balaban J connectivity index is 1.61. The molecule has 2 saturated heterocycles. The summed E-state index contributed by atoms with van der Waals surface area (Å²) in [6.45, 7) is 2.00. The second kappa shape index (κ2) is 7.68. The Labute approximate surface area is 189 Å². The van der Waals surface area contributed by atoms with Crippen LogP contribution in [-0.2, 0) is 14.4 Å². The van der Waals surface area contributed by atoms with Crippen LogP contribution in [0.15, 0.2) is 72.8 Å². The second-order valence-corrected chi connectivity index (χ2v) is 8.47. The van der Waals surface area contributed by atoms with E-state index < -0.39 is 24.0 Å². The van der Waals surface area contributed by atoms with Crippen LogP contribution in [0, 0.1) is 12.8 Å². The number of carbonyl (C=O) groups excluding carboxylic acids is 2. The normalized spacial score (nSPS) is 22.9. The lowest BCUT2D eigenvalue weighted by atomic mass is 9.90. The number of rotatable bonds is 3. The van der Waals surface area contributed by atoms with Gasteiger partial charge in [-0.1, -0.05) is 77.3 Å². The molecule has 0 bridgehead atoms. The summed E-state index contributed by atoms with van der Waals surface area (Å²) in [6, 6.07) is 21.7. The monoisotopic (exact) mass is 452 g/mol. The Kier molecular flexibility index (Phi) is 4.97. The first kappa shape index (κ1) is 20.1. The molecule has 31 heavy (non-hydrogen) atoms. The van der Waals surface area contributed by atoms with Crippen molar-refractivity contribution < 1.29 is 14.4 Å². The van der Waals surface area contributed by atoms with Gasteiger partial charge in [0.2, 0.25) is 5.91 Å². The van der Waals surface area contributed by atoms with E-state index in [0.717, 1.165) is 21.7 Å². The third-order valence-corrected chi connectivity index (χ3v) is 6.32. The number of carbonyl (C=O) groups is 2. The molecule has 2 aliphatic rings. The van der Waals surface area contributed by atoms with E-state index in [0.29, 0.717) is 0 Å². The number of amides is 2. The largest absolute Gasteiger partial charge is 0.273 e. The van der Waals surface area contributed by atoms with Gasteiger partial charge in [-0.2, -0.15) is 0 Å². The third kappa shape index (κ3) is 3.21. The van der Waals surface area contributed by atoms with Crippen molar-refractivity contribution in [1.29, 1.82) is 0 Å². The van der Waals surface area contributed by atoms with Crippen LogP contribution in [0.1, 0.15) is 17.2 Å². The Morgan fingerprint density at radius 2 is 1.45 bits per heavy atom. The van der Waals surface area contributed by atoms with Gasteiger partial charge in [-0.15, -0.1) is 0 Å². The van der Waals surface area contributed by atoms with Crippen molar-refractivity contribution in [3.05, 3.63) is 94.0 Å². The van der Waals surface area contributed by atoms with E-state index >= 15 is 0 Å². The smallest absolute Gasteiger partial charge is 0.266 e. The maximum absolute atomic E-state index is 13.6. The zero-order chi connectivity index (χ0) is 21.7. The van der Waals surface area contributed by atoms with Crippen LogP contribution in [0.4, 0.5) is 11.4 Å². The first-order valence-electron chi connectivity index (χ1n) is 9.87. The van der Waals surface area contributed by atoms with Gasteiger partial charge >= 0.3 is 0 Å². The van der Waals surface area contributed by atoms with Gasteiger partial charge in [0.25, 0.3) is 5.91 Å². The minimum Gasteiger partial charge on any atom is -0.273 e. The number of para-hydroxylation sites is 2. The maximum Gasteiger partial charge on any atom is 0.266 e. The fourth-order valence-corrected chi connectivity index (χ4v) is 4.81. The van der Waals surface area contributed by atoms with Crippen LogP contribution < -0.4 is 9.96 Å². The summed E-state index contributed by atoms with van der Waals surface area (Å²) >= 11 is 12.6. The topological polar surface area (TPSA) is 49.9 Å². The van der Waals surface area contributed by atoms with Crippen molar-refractivity contribution >= 4 is 46.4 Å². The van der Waals surface area contributed by atoms with Crippen LogP contribution in [0.3, 0.4) is 0 Å². The minimum atomic E-state index is -0.966. The quantitative estimate of drug-likeness (QED) is 0.502. The van der Waals surface area contributed by atoms with Crippen molar-refractivity contribution in [2.45, 2.75) is 19.1 Å². The molecule has 2 fully saturated rings. The molecule has 3 atom stereocenters. The van der Waals surface area contributed by atoms with Crippen LogP contribution in [0.25, 0.3) is 0 Å². The highest BCUT2D eigenvalue weighted by Crippen LogP contribution is 2.49. The summed E-state index contributed by atoms with van der Waals surface area (Å²) in [4.78, 5) is 34.1. The molecule has 0 N–H and O–H groups in total. The molecule has 0 unspecified atom stereocenters. The average molecular weight is 453 g/mol. The molecule has 5 nitrogen and oxygen atoms in total.